The van der Waals surface area contributed by atoms with Gasteiger partial charge in [-0.15, -0.1) is 0 Å². The van der Waals surface area contributed by atoms with E-state index < -0.39 is 10.0 Å². The van der Waals surface area contributed by atoms with Gasteiger partial charge in [0.2, 0.25) is 10.0 Å². The third-order valence-corrected chi connectivity index (χ3v) is 7.15. The third-order valence-electron chi connectivity index (χ3n) is 5.34. The molecule has 0 saturated heterocycles. The molecule has 30 heavy (non-hydrogen) atoms. The topological polar surface area (TPSA) is 75.7 Å². The zero-order valence-electron chi connectivity index (χ0n) is 17.4. The number of nitrogens with zero attached hydrogens (tertiary/aromatic N) is 1. The summed E-state index contributed by atoms with van der Waals surface area (Å²) in [4.78, 5) is 12.5. The van der Waals surface area contributed by atoms with Gasteiger partial charge in [0, 0.05) is 32.3 Å². The Morgan fingerprint density at radius 2 is 1.73 bits per heavy atom. The number of rotatable bonds is 10. The summed E-state index contributed by atoms with van der Waals surface area (Å²) in [5, 5.41) is 2.91. The monoisotopic (exact) mass is 430 g/mol. The Hall–Kier alpha value is -2.22. The molecule has 0 spiro atoms. The SMILES string of the molecule is CN(Cc1ccc(C(=O)NCCCOC2CCCC2)cc1)S(=O)(=O)c1ccccc1. The van der Waals surface area contributed by atoms with Gasteiger partial charge >= 0.3 is 0 Å². The van der Waals surface area contributed by atoms with E-state index in [0.29, 0.717) is 24.8 Å². The maximum absolute atomic E-state index is 12.6. The van der Waals surface area contributed by atoms with Gasteiger partial charge in [0.05, 0.1) is 11.0 Å². The van der Waals surface area contributed by atoms with Gasteiger partial charge in [0.15, 0.2) is 0 Å². The Bertz CT molecular complexity index is 908. The van der Waals surface area contributed by atoms with E-state index in [1.807, 2.05) is 0 Å². The third kappa shape index (κ3) is 6.14. The van der Waals surface area contributed by atoms with Gasteiger partial charge in [0.1, 0.15) is 0 Å². The molecular formula is C23H30N2O4S. The van der Waals surface area contributed by atoms with E-state index in [4.69, 9.17) is 4.74 Å². The van der Waals surface area contributed by atoms with Crippen LogP contribution in [-0.4, -0.2) is 44.9 Å². The van der Waals surface area contributed by atoms with Crippen LogP contribution >= 0.6 is 0 Å². The second-order valence-electron chi connectivity index (χ2n) is 7.66. The van der Waals surface area contributed by atoms with Crippen molar-refractivity contribution in [2.24, 2.45) is 0 Å². The van der Waals surface area contributed by atoms with E-state index in [2.05, 4.69) is 5.32 Å². The van der Waals surface area contributed by atoms with Gasteiger partial charge in [0.25, 0.3) is 5.91 Å². The molecule has 1 aliphatic rings. The first-order valence-electron chi connectivity index (χ1n) is 10.5. The predicted octanol–water partition coefficient (Wildman–Crippen LogP) is 3.59. The minimum atomic E-state index is -3.55. The number of carbonyl (C=O) groups is 1. The highest BCUT2D eigenvalue weighted by atomic mass is 32.2. The molecule has 6 nitrogen and oxygen atoms in total. The van der Waals surface area contributed by atoms with Crippen LogP contribution in [0, 0.1) is 0 Å². The molecule has 0 aliphatic heterocycles. The average Bonchev–Trinajstić information content (AvgIpc) is 3.28. The Labute approximate surface area is 179 Å². The fourth-order valence-corrected chi connectivity index (χ4v) is 4.74. The standard InChI is InChI=1S/C23H30N2O4S/c1-25(30(27,28)22-10-3-2-4-11-22)18-19-12-14-20(15-13-19)23(26)24-16-7-17-29-21-8-5-6-9-21/h2-4,10-15,21H,5-9,16-18H2,1H3,(H,24,26). The van der Waals surface area contributed by atoms with Gasteiger partial charge in [-0.1, -0.05) is 43.2 Å². The maximum Gasteiger partial charge on any atom is 0.251 e. The number of amides is 1. The molecule has 1 aliphatic carbocycles. The first-order valence-corrected chi connectivity index (χ1v) is 11.9. The van der Waals surface area contributed by atoms with Gasteiger partial charge in [-0.25, -0.2) is 8.42 Å². The lowest BCUT2D eigenvalue weighted by Crippen LogP contribution is -2.27. The second kappa shape index (κ2) is 10.7. The van der Waals surface area contributed by atoms with Crippen molar-refractivity contribution in [2.45, 2.75) is 49.6 Å². The fraction of sp³-hybridized carbons (Fsp3) is 0.435. The summed E-state index contributed by atoms with van der Waals surface area (Å²) in [5.74, 6) is -0.132. The summed E-state index contributed by atoms with van der Waals surface area (Å²) in [5.41, 5.74) is 1.38. The van der Waals surface area contributed by atoms with Crippen molar-refractivity contribution in [1.29, 1.82) is 0 Å². The van der Waals surface area contributed by atoms with Crippen LogP contribution < -0.4 is 5.32 Å². The lowest BCUT2D eigenvalue weighted by atomic mass is 10.1. The molecule has 0 aromatic heterocycles. The van der Waals surface area contributed by atoms with E-state index in [0.717, 1.165) is 24.8 Å². The van der Waals surface area contributed by atoms with Crippen LogP contribution in [0.25, 0.3) is 0 Å². The number of carbonyl (C=O) groups excluding carboxylic acids is 1. The summed E-state index contributed by atoms with van der Waals surface area (Å²) in [6.45, 7) is 1.48. The van der Waals surface area contributed by atoms with E-state index >= 15 is 0 Å². The minimum absolute atomic E-state index is 0.132. The average molecular weight is 431 g/mol. The summed E-state index contributed by atoms with van der Waals surface area (Å²) >= 11 is 0. The number of benzene rings is 2. The van der Waals surface area contributed by atoms with Gasteiger partial charge in [-0.05, 0) is 49.1 Å². The van der Waals surface area contributed by atoms with Crippen molar-refractivity contribution >= 4 is 15.9 Å². The normalized spacial score (nSPS) is 14.9. The summed E-state index contributed by atoms with van der Waals surface area (Å²) in [6.07, 6.45) is 6.01. The Kier molecular flexibility index (Phi) is 8.01. The second-order valence-corrected chi connectivity index (χ2v) is 9.70. The van der Waals surface area contributed by atoms with Crippen molar-refractivity contribution in [1.82, 2.24) is 9.62 Å². The smallest absolute Gasteiger partial charge is 0.251 e. The van der Waals surface area contributed by atoms with Crippen LogP contribution in [-0.2, 0) is 21.3 Å². The Morgan fingerprint density at radius 1 is 1.07 bits per heavy atom. The number of hydrogen-bond donors (Lipinski definition) is 1. The van der Waals surface area contributed by atoms with Crippen molar-refractivity contribution < 1.29 is 17.9 Å². The molecule has 162 valence electrons. The van der Waals surface area contributed by atoms with Crippen molar-refractivity contribution in [3.05, 3.63) is 65.7 Å². The van der Waals surface area contributed by atoms with E-state index in [9.17, 15) is 13.2 Å². The molecule has 7 heteroatoms. The molecule has 0 unspecified atom stereocenters. The lowest BCUT2D eigenvalue weighted by molar-refractivity contribution is 0.0565. The van der Waals surface area contributed by atoms with E-state index in [1.54, 1.807) is 61.6 Å². The minimum Gasteiger partial charge on any atom is -0.378 e. The molecule has 3 rings (SSSR count). The first-order chi connectivity index (χ1) is 14.5. The molecule has 2 aromatic rings. The molecule has 0 heterocycles. The van der Waals surface area contributed by atoms with Crippen LogP contribution in [0.2, 0.25) is 0 Å². The lowest BCUT2D eigenvalue weighted by Gasteiger charge is -2.17. The highest BCUT2D eigenvalue weighted by Gasteiger charge is 2.20. The number of ether oxygens (including phenoxy) is 1. The van der Waals surface area contributed by atoms with Crippen LogP contribution in [0.5, 0.6) is 0 Å². The van der Waals surface area contributed by atoms with Crippen LogP contribution in [0.1, 0.15) is 48.0 Å². The van der Waals surface area contributed by atoms with Crippen LogP contribution in [0.4, 0.5) is 0 Å². The summed E-state index contributed by atoms with van der Waals surface area (Å²) in [7, 11) is -1.99. The Balaban J connectivity index is 1.45. The Morgan fingerprint density at radius 3 is 2.40 bits per heavy atom. The molecule has 1 N–H and O–H groups in total. The number of nitrogens with one attached hydrogen (secondary N) is 1. The molecule has 1 saturated carbocycles. The molecule has 0 radical (unpaired) electrons. The highest BCUT2D eigenvalue weighted by Crippen LogP contribution is 2.21. The molecule has 1 amide bonds. The number of sulfonamides is 1. The summed E-state index contributed by atoms with van der Waals surface area (Å²) < 4.78 is 32.3. The molecular weight excluding hydrogens is 400 g/mol. The maximum atomic E-state index is 12.6. The summed E-state index contributed by atoms with van der Waals surface area (Å²) in [6, 6.07) is 15.4. The van der Waals surface area contributed by atoms with Gasteiger partial charge < -0.3 is 10.1 Å². The fourth-order valence-electron chi connectivity index (χ4n) is 3.56. The van der Waals surface area contributed by atoms with Gasteiger partial charge in [-0.2, -0.15) is 4.31 Å². The first kappa shape index (κ1) is 22.5. The zero-order chi connectivity index (χ0) is 21.4. The predicted molar refractivity (Wildman–Crippen MR) is 117 cm³/mol. The number of hydrogen-bond acceptors (Lipinski definition) is 4. The van der Waals surface area contributed by atoms with Crippen LogP contribution in [0.15, 0.2) is 59.5 Å². The van der Waals surface area contributed by atoms with Crippen molar-refractivity contribution in [2.75, 3.05) is 20.2 Å². The van der Waals surface area contributed by atoms with Crippen LogP contribution in [0.3, 0.4) is 0 Å². The van der Waals surface area contributed by atoms with Crippen molar-refractivity contribution in [3.63, 3.8) is 0 Å². The van der Waals surface area contributed by atoms with Gasteiger partial charge in [-0.3, -0.25) is 4.79 Å². The largest absolute Gasteiger partial charge is 0.378 e. The molecule has 2 aromatic carbocycles. The quantitative estimate of drug-likeness (QED) is 0.585. The van der Waals surface area contributed by atoms with Crippen molar-refractivity contribution in [3.8, 4) is 0 Å². The van der Waals surface area contributed by atoms with E-state index in [-0.39, 0.29) is 17.3 Å². The molecule has 0 atom stereocenters. The van der Waals surface area contributed by atoms with E-state index in [1.165, 1.54) is 17.1 Å². The molecule has 1 fully saturated rings. The molecule has 0 bridgehead atoms. The highest BCUT2D eigenvalue weighted by molar-refractivity contribution is 7.89. The zero-order valence-corrected chi connectivity index (χ0v) is 18.2.